The van der Waals surface area contributed by atoms with Crippen molar-refractivity contribution in [3.63, 3.8) is 0 Å². The van der Waals surface area contributed by atoms with Crippen molar-refractivity contribution < 1.29 is 38.3 Å². The summed E-state index contributed by atoms with van der Waals surface area (Å²) < 4.78 is 20.0. The first kappa shape index (κ1) is 22.1. The van der Waals surface area contributed by atoms with Crippen LogP contribution in [0.15, 0.2) is 18.2 Å². The molecule has 154 valence electrons. The van der Waals surface area contributed by atoms with Gasteiger partial charge in [-0.3, -0.25) is 4.79 Å². The molecule has 2 N–H and O–H groups in total. The molecule has 2 rings (SSSR count). The van der Waals surface area contributed by atoms with E-state index in [0.717, 1.165) is 0 Å². The minimum Gasteiger partial charge on any atom is -0.534 e. The van der Waals surface area contributed by atoms with E-state index in [1.54, 1.807) is 19.1 Å². The Bertz CT molecular complexity index is 806. The van der Waals surface area contributed by atoms with Crippen LogP contribution in [-0.4, -0.2) is 49.0 Å². The number of carbonyl (C=O) groups excluding carboxylic acids is 3. The first-order valence-corrected chi connectivity index (χ1v) is 9.09. The van der Waals surface area contributed by atoms with Gasteiger partial charge in [0.1, 0.15) is 11.3 Å². The Kier molecular flexibility index (Phi) is 7.92. The summed E-state index contributed by atoms with van der Waals surface area (Å²) in [6.07, 6.45) is 3.66. The molecule has 9 nitrogen and oxygen atoms in total. The number of hydrogen-bond acceptors (Lipinski definition) is 8. The van der Waals surface area contributed by atoms with E-state index in [2.05, 4.69) is 16.0 Å². The van der Waals surface area contributed by atoms with Gasteiger partial charge in [-0.15, -0.1) is 12.3 Å². The molecule has 0 saturated carbocycles. The fourth-order valence-electron chi connectivity index (χ4n) is 2.70. The van der Waals surface area contributed by atoms with Crippen molar-refractivity contribution in [3.8, 4) is 18.1 Å². The van der Waals surface area contributed by atoms with Crippen LogP contribution in [0.3, 0.4) is 0 Å². The lowest BCUT2D eigenvalue weighted by atomic mass is 9.72. The zero-order valence-corrected chi connectivity index (χ0v) is 16.2. The SMILES string of the molecule is C#CCCC(=O)NC1Cc2cccc(C(=O)OC(C)OC(=O)OCC)c2OB1O. The highest BCUT2D eigenvalue weighted by molar-refractivity contribution is 6.47. The summed E-state index contributed by atoms with van der Waals surface area (Å²) in [7, 11) is -1.36. The molecular formula is C19H22BNO8. The van der Waals surface area contributed by atoms with Gasteiger partial charge >= 0.3 is 19.2 Å². The minimum absolute atomic E-state index is 0.0537. The molecule has 0 saturated heterocycles. The van der Waals surface area contributed by atoms with E-state index in [-0.39, 0.29) is 43.1 Å². The lowest BCUT2D eigenvalue weighted by Crippen LogP contribution is -2.53. The highest BCUT2D eigenvalue weighted by atomic mass is 16.8. The Morgan fingerprint density at radius 1 is 1.41 bits per heavy atom. The topological polar surface area (TPSA) is 120 Å². The van der Waals surface area contributed by atoms with E-state index < -0.39 is 31.5 Å². The maximum absolute atomic E-state index is 12.4. The summed E-state index contributed by atoms with van der Waals surface area (Å²) >= 11 is 0. The van der Waals surface area contributed by atoms with Crippen molar-refractivity contribution in [1.29, 1.82) is 0 Å². The standard InChI is InChI=1S/C19H22BNO8/c1-4-6-10-16(22)21-15-11-13-8-7-9-14(17(13)29-20(15)25)18(23)27-12(3)28-19(24)26-5-2/h1,7-9,12,15,25H,5-6,10-11H2,2-3H3,(H,21,22). The average molecular weight is 403 g/mol. The van der Waals surface area contributed by atoms with E-state index in [0.29, 0.717) is 5.56 Å². The third-order valence-electron chi connectivity index (χ3n) is 3.98. The van der Waals surface area contributed by atoms with Gasteiger partial charge in [0, 0.05) is 19.8 Å². The Morgan fingerprint density at radius 3 is 2.86 bits per heavy atom. The molecule has 10 heteroatoms. The van der Waals surface area contributed by atoms with Gasteiger partial charge in [-0.1, -0.05) is 12.1 Å². The molecule has 1 aliphatic rings. The van der Waals surface area contributed by atoms with Crippen molar-refractivity contribution in [1.82, 2.24) is 5.32 Å². The van der Waals surface area contributed by atoms with Gasteiger partial charge in [0.2, 0.25) is 12.2 Å². The van der Waals surface area contributed by atoms with Crippen LogP contribution in [0.25, 0.3) is 0 Å². The number of amides is 1. The monoisotopic (exact) mass is 403 g/mol. The van der Waals surface area contributed by atoms with Gasteiger partial charge in [0.05, 0.1) is 12.5 Å². The predicted octanol–water partition coefficient (Wildman–Crippen LogP) is 1.22. The molecule has 1 amide bonds. The number of nitrogens with one attached hydrogen (secondary N) is 1. The zero-order chi connectivity index (χ0) is 21.4. The van der Waals surface area contributed by atoms with E-state index in [1.165, 1.54) is 13.0 Å². The lowest BCUT2D eigenvalue weighted by Gasteiger charge is -2.29. The first-order valence-electron chi connectivity index (χ1n) is 9.09. The maximum atomic E-state index is 12.4. The van der Waals surface area contributed by atoms with E-state index in [4.69, 9.17) is 20.6 Å². The molecule has 0 aliphatic carbocycles. The van der Waals surface area contributed by atoms with Gasteiger partial charge in [-0.05, 0) is 25.0 Å². The molecule has 2 atom stereocenters. The molecule has 29 heavy (non-hydrogen) atoms. The summed E-state index contributed by atoms with van der Waals surface area (Å²) in [4.78, 5) is 35.6. The molecule has 1 aliphatic heterocycles. The van der Waals surface area contributed by atoms with Crippen molar-refractivity contribution in [3.05, 3.63) is 29.3 Å². The lowest BCUT2D eigenvalue weighted by molar-refractivity contribution is -0.121. The van der Waals surface area contributed by atoms with E-state index in [1.807, 2.05) is 0 Å². The van der Waals surface area contributed by atoms with Gasteiger partial charge in [-0.25, -0.2) is 9.59 Å². The largest absolute Gasteiger partial charge is 0.547 e. The third kappa shape index (κ3) is 6.15. The Hall–Kier alpha value is -3.19. The van der Waals surface area contributed by atoms with Crippen molar-refractivity contribution in [2.24, 2.45) is 0 Å². The number of fused-ring (bicyclic) bond motifs is 1. The van der Waals surface area contributed by atoms with Crippen LogP contribution in [0.2, 0.25) is 0 Å². The number of rotatable bonds is 7. The summed E-state index contributed by atoms with van der Waals surface area (Å²) in [6.45, 7) is 3.10. The summed E-state index contributed by atoms with van der Waals surface area (Å²) in [6, 6.07) is 4.78. The molecule has 1 aromatic carbocycles. The number of terminal acetylenes is 1. The molecule has 0 radical (unpaired) electrons. The summed E-state index contributed by atoms with van der Waals surface area (Å²) in [5.41, 5.74) is 0.656. The number of hydrogen-bond donors (Lipinski definition) is 2. The Labute approximate surface area is 168 Å². The molecule has 0 bridgehead atoms. The number of ether oxygens (including phenoxy) is 3. The van der Waals surface area contributed by atoms with Gasteiger partial charge in [-0.2, -0.15) is 0 Å². The predicted molar refractivity (Wildman–Crippen MR) is 102 cm³/mol. The third-order valence-corrected chi connectivity index (χ3v) is 3.98. The Balaban J connectivity index is 2.06. The maximum Gasteiger partial charge on any atom is 0.547 e. The Morgan fingerprint density at radius 2 is 2.17 bits per heavy atom. The number of para-hydroxylation sites is 1. The van der Waals surface area contributed by atoms with Crippen LogP contribution in [0.5, 0.6) is 5.75 Å². The summed E-state index contributed by atoms with van der Waals surface area (Å²) in [5.74, 6) is 0.714. The zero-order valence-electron chi connectivity index (χ0n) is 16.2. The van der Waals surface area contributed by atoms with Crippen LogP contribution in [0, 0.1) is 12.3 Å². The molecular weight excluding hydrogens is 381 g/mol. The molecule has 0 spiro atoms. The van der Waals surface area contributed by atoms with Crippen LogP contribution >= 0.6 is 0 Å². The minimum atomic E-state index is -1.36. The van der Waals surface area contributed by atoms with Crippen molar-refractivity contribution in [2.75, 3.05) is 6.61 Å². The first-order chi connectivity index (χ1) is 13.8. The fourth-order valence-corrected chi connectivity index (χ4v) is 2.70. The van der Waals surface area contributed by atoms with Crippen LogP contribution < -0.4 is 9.97 Å². The second kappa shape index (κ2) is 10.4. The van der Waals surface area contributed by atoms with Crippen LogP contribution in [-0.2, 0) is 25.4 Å². The average Bonchev–Trinajstić information content (AvgIpc) is 2.66. The second-order valence-electron chi connectivity index (χ2n) is 6.16. The van der Waals surface area contributed by atoms with Crippen molar-refractivity contribution in [2.45, 2.75) is 45.3 Å². The van der Waals surface area contributed by atoms with Crippen molar-refractivity contribution >= 4 is 25.2 Å². The smallest absolute Gasteiger partial charge is 0.534 e. The molecule has 2 unspecified atom stereocenters. The normalized spacial score (nSPS) is 15.8. The number of carbonyl (C=O) groups is 3. The second-order valence-corrected chi connectivity index (χ2v) is 6.16. The van der Waals surface area contributed by atoms with Crippen LogP contribution in [0.1, 0.15) is 42.6 Å². The molecule has 1 heterocycles. The van der Waals surface area contributed by atoms with Gasteiger partial charge < -0.3 is 29.2 Å². The summed E-state index contributed by atoms with van der Waals surface area (Å²) in [5, 5.41) is 12.9. The highest BCUT2D eigenvalue weighted by Crippen LogP contribution is 2.31. The van der Waals surface area contributed by atoms with E-state index >= 15 is 0 Å². The molecule has 0 aromatic heterocycles. The van der Waals surface area contributed by atoms with Gasteiger partial charge in [0.25, 0.3) is 0 Å². The fraction of sp³-hybridized carbons (Fsp3) is 0.421. The molecule has 0 fully saturated rings. The van der Waals surface area contributed by atoms with Crippen LogP contribution in [0.4, 0.5) is 4.79 Å². The number of benzene rings is 1. The number of esters is 1. The quantitative estimate of drug-likeness (QED) is 0.302. The van der Waals surface area contributed by atoms with Gasteiger partial charge in [0.15, 0.2) is 0 Å². The highest BCUT2D eigenvalue weighted by Gasteiger charge is 2.38. The van der Waals surface area contributed by atoms with E-state index in [9.17, 15) is 19.4 Å². The molecule has 1 aromatic rings.